The van der Waals surface area contributed by atoms with E-state index in [-0.39, 0.29) is 0 Å². The van der Waals surface area contributed by atoms with Crippen molar-refractivity contribution in [2.24, 2.45) is 0 Å². The lowest BCUT2D eigenvalue weighted by Gasteiger charge is -2.10. The van der Waals surface area contributed by atoms with Crippen molar-refractivity contribution in [2.75, 3.05) is 0 Å². The molecule has 0 amide bonds. The maximum Gasteiger partial charge on any atom is 0.0451 e. The molecule has 0 aliphatic rings. The Bertz CT molecular complexity index is 496. The van der Waals surface area contributed by atoms with E-state index >= 15 is 0 Å². The normalized spacial score (nSPS) is 12.4. The fourth-order valence-corrected chi connectivity index (χ4v) is 2.81. The van der Waals surface area contributed by atoms with E-state index in [2.05, 4.69) is 86.8 Å². The molecular formula is C14H13BrIN. The van der Waals surface area contributed by atoms with Crippen LogP contribution in [0.4, 0.5) is 0 Å². The van der Waals surface area contributed by atoms with Gasteiger partial charge in [-0.15, -0.1) is 0 Å². The van der Waals surface area contributed by atoms with Gasteiger partial charge in [-0.2, -0.15) is 0 Å². The lowest BCUT2D eigenvalue weighted by molar-refractivity contribution is 0.901. The van der Waals surface area contributed by atoms with Gasteiger partial charge < -0.3 is 0 Å². The quantitative estimate of drug-likeness (QED) is 0.537. The largest absolute Gasteiger partial charge is 0.261 e. The molecule has 0 saturated carbocycles. The minimum absolute atomic E-state index is 0.326. The van der Waals surface area contributed by atoms with E-state index in [0.717, 1.165) is 12.1 Å². The fourth-order valence-electron chi connectivity index (χ4n) is 1.62. The van der Waals surface area contributed by atoms with E-state index in [1.165, 1.54) is 14.7 Å². The van der Waals surface area contributed by atoms with Crippen molar-refractivity contribution in [1.29, 1.82) is 0 Å². The third-order valence-electron chi connectivity index (χ3n) is 2.57. The van der Waals surface area contributed by atoms with Crippen molar-refractivity contribution in [3.8, 4) is 0 Å². The molecule has 0 aliphatic heterocycles. The van der Waals surface area contributed by atoms with Crippen LogP contribution in [-0.4, -0.2) is 4.98 Å². The first kappa shape index (κ1) is 13.0. The summed E-state index contributed by atoms with van der Waals surface area (Å²) in [6.07, 6.45) is 2.84. The van der Waals surface area contributed by atoms with Crippen molar-refractivity contribution < 1.29 is 0 Å². The van der Waals surface area contributed by atoms with Gasteiger partial charge in [-0.05, 0) is 58.8 Å². The van der Waals surface area contributed by atoms with Crippen molar-refractivity contribution in [3.05, 3.63) is 63.0 Å². The Hall–Kier alpha value is -0.420. The zero-order valence-corrected chi connectivity index (χ0v) is 13.3. The molecule has 1 unspecified atom stereocenters. The topological polar surface area (TPSA) is 12.9 Å². The summed E-state index contributed by atoms with van der Waals surface area (Å²) in [5.41, 5.74) is 3.63. The van der Waals surface area contributed by atoms with Crippen LogP contribution in [0.5, 0.6) is 0 Å². The molecule has 2 rings (SSSR count). The van der Waals surface area contributed by atoms with Crippen molar-refractivity contribution in [2.45, 2.75) is 18.2 Å². The van der Waals surface area contributed by atoms with Crippen LogP contribution in [0.3, 0.4) is 0 Å². The smallest absolute Gasteiger partial charge is 0.0451 e. The van der Waals surface area contributed by atoms with Crippen LogP contribution in [0, 0.1) is 10.5 Å². The maximum atomic E-state index is 4.43. The highest BCUT2D eigenvalue weighted by molar-refractivity contribution is 14.1. The molecule has 3 heteroatoms. The van der Waals surface area contributed by atoms with Crippen LogP contribution in [0.2, 0.25) is 0 Å². The van der Waals surface area contributed by atoms with E-state index in [9.17, 15) is 0 Å². The molecule has 0 N–H and O–H groups in total. The molecule has 2 aromatic rings. The first-order valence-electron chi connectivity index (χ1n) is 5.46. The predicted molar refractivity (Wildman–Crippen MR) is 83.5 cm³/mol. The van der Waals surface area contributed by atoms with Crippen LogP contribution in [-0.2, 0) is 6.42 Å². The molecule has 1 aromatic heterocycles. The van der Waals surface area contributed by atoms with Gasteiger partial charge in [-0.1, -0.05) is 34.1 Å². The molecule has 0 bridgehead atoms. The Morgan fingerprint density at radius 1 is 1.29 bits per heavy atom. The summed E-state index contributed by atoms with van der Waals surface area (Å²) < 4.78 is 1.27. The monoisotopic (exact) mass is 401 g/mol. The standard InChI is InChI=1S/C14H13BrIN/c1-10-5-6-13(17-9-10)8-14(15)11-3-2-4-12(16)7-11/h2-7,9,14H,8H2,1H3. The lowest BCUT2D eigenvalue weighted by Crippen LogP contribution is -1.98. The molecule has 0 radical (unpaired) electrons. The highest BCUT2D eigenvalue weighted by Gasteiger charge is 2.09. The number of rotatable bonds is 3. The average Bonchev–Trinajstić information content (AvgIpc) is 2.32. The second-order valence-corrected chi connectivity index (χ2v) is 6.40. The van der Waals surface area contributed by atoms with Crippen LogP contribution >= 0.6 is 38.5 Å². The van der Waals surface area contributed by atoms with E-state index in [0.29, 0.717) is 4.83 Å². The summed E-state index contributed by atoms with van der Waals surface area (Å²) in [5, 5.41) is 0. The molecule has 17 heavy (non-hydrogen) atoms. The van der Waals surface area contributed by atoms with Gasteiger partial charge in [0.2, 0.25) is 0 Å². The molecule has 88 valence electrons. The Morgan fingerprint density at radius 3 is 2.76 bits per heavy atom. The Kier molecular flexibility index (Phi) is 4.56. The SMILES string of the molecule is Cc1ccc(CC(Br)c2cccc(I)c2)nc1. The summed E-state index contributed by atoms with van der Waals surface area (Å²) in [4.78, 5) is 4.76. The van der Waals surface area contributed by atoms with Gasteiger partial charge in [0.25, 0.3) is 0 Å². The molecule has 0 fully saturated rings. The van der Waals surface area contributed by atoms with Crippen LogP contribution in [0.1, 0.15) is 21.6 Å². The summed E-state index contributed by atoms with van der Waals surface area (Å²) >= 11 is 6.07. The van der Waals surface area contributed by atoms with Gasteiger partial charge in [-0.25, -0.2) is 0 Å². The summed E-state index contributed by atoms with van der Waals surface area (Å²) in [5.74, 6) is 0. The van der Waals surface area contributed by atoms with Gasteiger partial charge in [-0.3, -0.25) is 4.98 Å². The van der Waals surface area contributed by atoms with E-state index < -0.39 is 0 Å². The first-order chi connectivity index (χ1) is 8.15. The minimum Gasteiger partial charge on any atom is -0.261 e. The number of nitrogens with zero attached hydrogens (tertiary/aromatic N) is 1. The Labute approximate surface area is 124 Å². The number of hydrogen-bond donors (Lipinski definition) is 0. The maximum absolute atomic E-state index is 4.43. The number of alkyl halides is 1. The molecule has 1 heterocycles. The fraction of sp³-hybridized carbons (Fsp3) is 0.214. The number of hydrogen-bond acceptors (Lipinski definition) is 1. The van der Waals surface area contributed by atoms with Gasteiger partial charge in [0.05, 0.1) is 0 Å². The van der Waals surface area contributed by atoms with E-state index in [1.807, 2.05) is 6.20 Å². The summed E-state index contributed by atoms with van der Waals surface area (Å²) in [6.45, 7) is 2.06. The molecule has 0 aliphatic carbocycles. The van der Waals surface area contributed by atoms with Crippen LogP contribution in [0.25, 0.3) is 0 Å². The molecule has 0 spiro atoms. The van der Waals surface area contributed by atoms with Crippen molar-refractivity contribution in [3.63, 3.8) is 0 Å². The number of aryl methyl sites for hydroxylation is 1. The first-order valence-corrected chi connectivity index (χ1v) is 7.45. The molecular weight excluding hydrogens is 389 g/mol. The predicted octanol–water partition coefficient (Wildman–Crippen LogP) is 4.67. The molecule has 1 aromatic carbocycles. The highest BCUT2D eigenvalue weighted by Crippen LogP contribution is 2.27. The third kappa shape index (κ3) is 3.78. The van der Waals surface area contributed by atoms with Crippen LogP contribution in [0.15, 0.2) is 42.6 Å². The zero-order valence-electron chi connectivity index (χ0n) is 9.53. The molecule has 1 atom stereocenters. The van der Waals surface area contributed by atoms with Crippen molar-refractivity contribution >= 4 is 38.5 Å². The Morgan fingerprint density at radius 2 is 2.12 bits per heavy atom. The second-order valence-electron chi connectivity index (χ2n) is 4.05. The minimum atomic E-state index is 0.326. The van der Waals surface area contributed by atoms with Crippen LogP contribution < -0.4 is 0 Å². The Balaban J connectivity index is 2.11. The highest BCUT2D eigenvalue weighted by atomic mass is 127. The average molecular weight is 402 g/mol. The van der Waals surface area contributed by atoms with Crippen molar-refractivity contribution in [1.82, 2.24) is 4.98 Å². The number of aromatic nitrogens is 1. The van der Waals surface area contributed by atoms with E-state index in [4.69, 9.17) is 0 Å². The molecule has 0 saturated heterocycles. The van der Waals surface area contributed by atoms with Gasteiger partial charge in [0.1, 0.15) is 0 Å². The van der Waals surface area contributed by atoms with Gasteiger partial charge in [0, 0.05) is 26.7 Å². The van der Waals surface area contributed by atoms with Gasteiger partial charge in [0.15, 0.2) is 0 Å². The zero-order chi connectivity index (χ0) is 12.3. The summed E-state index contributed by atoms with van der Waals surface area (Å²) in [6, 6.07) is 12.8. The number of benzene rings is 1. The lowest BCUT2D eigenvalue weighted by atomic mass is 10.1. The third-order valence-corrected chi connectivity index (χ3v) is 4.09. The number of halogens is 2. The van der Waals surface area contributed by atoms with E-state index in [1.54, 1.807) is 0 Å². The molecule has 1 nitrogen and oxygen atoms in total. The van der Waals surface area contributed by atoms with Gasteiger partial charge >= 0.3 is 0 Å². The second kappa shape index (κ2) is 5.96. The summed E-state index contributed by atoms with van der Waals surface area (Å²) in [7, 11) is 0. The number of pyridine rings is 1.